The maximum Gasteiger partial charge on any atom is 0.0991 e. The van der Waals surface area contributed by atoms with Crippen LogP contribution >= 0.6 is 24.8 Å². The Morgan fingerprint density at radius 2 is 1.55 bits per heavy atom. The van der Waals surface area contributed by atoms with Crippen molar-refractivity contribution in [1.29, 1.82) is 5.26 Å². The van der Waals surface area contributed by atoms with Gasteiger partial charge in [0.2, 0.25) is 0 Å². The van der Waals surface area contributed by atoms with Gasteiger partial charge >= 0.3 is 0 Å². The molecule has 0 bridgehead atoms. The van der Waals surface area contributed by atoms with Crippen LogP contribution < -0.4 is 11.5 Å². The van der Waals surface area contributed by atoms with Gasteiger partial charge in [0.05, 0.1) is 11.6 Å². The number of nitriles is 1. The van der Waals surface area contributed by atoms with Gasteiger partial charge in [0.15, 0.2) is 0 Å². The molecule has 0 atom stereocenters. The van der Waals surface area contributed by atoms with Crippen molar-refractivity contribution in [3.63, 3.8) is 0 Å². The molecular weight excluding hydrogens is 293 g/mol. The molecule has 0 aliphatic rings. The van der Waals surface area contributed by atoms with Crippen LogP contribution in [0, 0.1) is 11.3 Å². The fourth-order valence-electron chi connectivity index (χ4n) is 1.87. The van der Waals surface area contributed by atoms with Crippen LogP contribution in [0.25, 0.3) is 0 Å². The van der Waals surface area contributed by atoms with Crippen molar-refractivity contribution < 1.29 is 0 Å². The van der Waals surface area contributed by atoms with Gasteiger partial charge in [0.1, 0.15) is 0 Å². The summed E-state index contributed by atoms with van der Waals surface area (Å²) in [6, 6.07) is 15.4. The highest BCUT2D eigenvalue weighted by atomic mass is 35.5. The summed E-state index contributed by atoms with van der Waals surface area (Å²) in [5.74, 6) is 0. The molecule has 0 radical (unpaired) electrons. The molecule has 2 rings (SSSR count). The van der Waals surface area contributed by atoms with E-state index in [-0.39, 0.29) is 24.8 Å². The molecule has 0 aliphatic heterocycles. The van der Waals surface area contributed by atoms with Gasteiger partial charge in [0, 0.05) is 11.4 Å². The monoisotopic (exact) mass is 309 g/mol. The van der Waals surface area contributed by atoms with Crippen LogP contribution in [-0.4, -0.2) is 0 Å². The van der Waals surface area contributed by atoms with Gasteiger partial charge in [-0.25, -0.2) is 0 Å². The molecule has 0 aliphatic carbocycles. The lowest BCUT2D eigenvalue weighted by Gasteiger charge is -2.06. The Balaban J connectivity index is 0.00000180. The van der Waals surface area contributed by atoms with Gasteiger partial charge in [-0.3, -0.25) is 0 Å². The van der Waals surface area contributed by atoms with E-state index in [1.54, 1.807) is 6.07 Å². The number of hydrogen-bond donors (Lipinski definition) is 2. The Hall–Kier alpha value is -1.89. The van der Waals surface area contributed by atoms with E-state index in [1.807, 2.05) is 36.4 Å². The second-order valence-electron chi connectivity index (χ2n) is 4.27. The maximum absolute atomic E-state index is 8.72. The minimum atomic E-state index is 0. The first-order valence-corrected chi connectivity index (χ1v) is 5.82. The summed E-state index contributed by atoms with van der Waals surface area (Å²) in [7, 11) is 0. The van der Waals surface area contributed by atoms with Crippen LogP contribution in [0.15, 0.2) is 42.5 Å². The highest BCUT2D eigenvalue weighted by molar-refractivity contribution is 5.85. The van der Waals surface area contributed by atoms with E-state index in [0.717, 1.165) is 24.1 Å². The molecule has 0 saturated carbocycles. The van der Waals surface area contributed by atoms with Gasteiger partial charge in [-0.1, -0.05) is 18.2 Å². The smallest absolute Gasteiger partial charge is 0.0991 e. The number of nitrogens with zero attached hydrogens (tertiary/aromatic N) is 1. The van der Waals surface area contributed by atoms with E-state index < -0.39 is 0 Å². The number of anilines is 2. The van der Waals surface area contributed by atoms with Crippen LogP contribution in [0.4, 0.5) is 11.4 Å². The molecule has 0 saturated heterocycles. The third-order valence-electron chi connectivity index (χ3n) is 2.94. The highest BCUT2D eigenvalue weighted by Crippen LogP contribution is 2.18. The van der Waals surface area contributed by atoms with Crippen LogP contribution in [0.2, 0.25) is 0 Å². The molecule has 2 aromatic carbocycles. The van der Waals surface area contributed by atoms with E-state index in [9.17, 15) is 0 Å². The zero-order valence-corrected chi connectivity index (χ0v) is 12.5. The highest BCUT2D eigenvalue weighted by Gasteiger charge is 2.01. The summed E-state index contributed by atoms with van der Waals surface area (Å²) < 4.78 is 0. The van der Waals surface area contributed by atoms with E-state index in [1.165, 1.54) is 5.56 Å². The fourth-order valence-corrected chi connectivity index (χ4v) is 1.87. The van der Waals surface area contributed by atoms with Gasteiger partial charge < -0.3 is 11.5 Å². The Morgan fingerprint density at radius 1 is 0.900 bits per heavy atom. The van der Waals surface area contributed by atoms with Crippen LogP contribution in [-0.2, 0) is 12.8 Å². The normalized spacial score (nSPS) is 8.95. The number of aryl methyl sites for hydroxylation is 2. The number of halogens is 2. The second kappa shape index (κ2) is 8.31. The van der Waals surface area contributed by atoms with Crippen molar-refractivity contribution in [1.82, 2.24) is 0 Å². The van der Waals surface area contributed by atoms with Gasteiger partial charge in [-0.05, 0) is 48.2 Å². The third-order valence-corrected chi connectivity index (χ3v) is 2.94. The molecule has 4 N–H and O–H groups in total. The Labute approximate surface area is 131 Å². The SMILES string of the molecule is Cl.Cl.N#Cc1ccc(CCc2ccc(N)cc2N)cc1. The quantitative estimate of drug-likeness (QED) is 0.854. The third kappa shape index (κ3) is 4.65. The summed E-state index contributed by atoms with van der Waals surface area (Å²) in [6.07, 6.45) is 1.78. The topological polar surface area (TPSA) is 75.8 Å². The number of rotatable bonds is 3. The average molecular weight is 310 g/mol. The Kier molecular flexibility index (Phi) is 7.53. The molecule has 2 aromatic rings. The first-order chi connectivity index (χ1) is 8.69. The summed E-state index contributed by atoms with van der Waals surface area (Å²) >= 11 is 0. The van der Waals surface area contributed by atoms with E-state index in [4.69, 9.17) is 16.7 Å². The molecule has 3 nitrogen and oxygen atoms in total. The van der Waals surface area contributed by atoms with Crippen molar-refractivity contribution in [2.24, 2.45) is 0 Å². The number of hydrogen-bond acceptors (Lipinski definition) is 3. The average Bonchev–Trinajstić information content (AvgIpc) is 2.38. The summed E-state index contributed by atoms with van der Waals surface area (Å²) in [6.45, 7) is 0. The lowest BCUT2D eigenvalue weighted by atomic mass is 10.0. The molecule has 20 heavy (non-hydrogen) atoms. The van der Waals surface area contributed by atoms with Gasteiger partial charge in [-0.2, -0.15) is 5.26 Å². The molecule has 0 spiro atoms. The molecule has 0 aromatic heterocycles. The predicted molar refractivity (Wildman–Crippen MR) is 88.3 cm³/mol. The molecule has 106 valence electrons. The first kappa shape index (κ1) is 18.1. The first-order valence-electron chi connectivity index (χ1n) is 5.82. The van der Waals surface area contributed by atoms with Crippen molar-refractivity contribution in [2.75, 3.05) is 11.5 Å². The minimum Gasteiger partial charge on any atom is -0.399 e. The van der Waals surface area contributed by atoms with Crippen molar-refractivity contribution in [3.05, 3.63) is 59.2 Å². The van der Waals surface area contributed by atoms with E-state index in [0.29, 0.717) is 11.3 Å². The van der Waals surface area contributed by atoms with E-state index >= 15 is 0 Å². The molecule has 0 heterocycles. The standard InChI is InChI=1S/C15H15N3.2ClH/c16-10-12-3-1-11(2-4-12)5-6-13-7-8-14(17)9-15(13)18;;/h1-4,7-9H,5-6,17-18H2;2*1H. The van der Waals surface area contributed by atoms with Crippen molar-refractivity contribution in [2.45, 2.75) is 12.8 Å². The Bertz CT molecular complexity index is 589. The van der Waals surface area contributed by atoms with Crippen LogP contribution in [0.5, 0.6) is 0 Å². The molecular formula is C15H17Cl2N3. The lowest BCUT2D eigenvalue weighted by Crippen LogP contribution is -1.98. The lowest BCUT2D eigenvalue weighted by molar-refractivity contribution is 0.963. The summed E-state index contributed by atoms with van der Waals surface area (Å²) in [5, 5.41) is 8.72. The number of nitrogen functional groups attached to an aromatic ring is 2. The van der Waals surface area contributed by atoms with Crippen molar-refractivity contribution in [3.8, 4) is 6.07 Å². The molecule has 5 heteroatoms. The molecule has 0 amide bonds. The predicted octanol–water partition coefficient (Wildman–Crippen LogP) is 3.35. The van der Waals surface area contributed by atoms with E-state index in [2.05, 4.69) is 6.07 Å². The zero-order chi connectivity index (χ0) is 13.0. The van der Waals surface area contributed by atoms with Crippen LogP contribution in [0.3, 0.4) is 0 Å². The fraction of sp³-hybridized carbons (Fsp3) is 0.133. The number of benzene rings is 2. The summed E-state index contributed by atoms with van der Waals surface area (Å²) in [4.78, 5) is 0. The number of nitrogens with two attached hydrogens (primary N) is 2. The largest absolute Gasteiger partial charge is 0.399 e. The maximum atomic E-state index is 8.72. The zero-order valence-electron chi connectivity index (χ0n) is 10.9. The Morgan fingerprint density at radius 3 is 2.10 bits per heavy atom. The van der Waals surface area contributed by atoms with Crippen LogP contribution in [0.1, 0.15) is 16.7 Å². The van der Waals surface area contributed by atoms with Crippen molar-refractivity contribution >= 4 is 36.2 Å². The molecule has 0 fully saturated rings. The second-order valence-corrected chi connectivity index (χ2v) is 4.27. The summed E-state index contributed by atoms with van der Waals surface area (Å²) in [5.41, 5.74) is 16.0. The molecule has 0 unspecified atom stereocenters. The van der Waals surface area contributed by atoms with Gasteiger partial charge in [0.25, 0.3) is 0 Å². The minimum absolute atomic E-state index is 0. The van der Waals surface area contributed by atoms with Gasteiger partial charge in [-0.15, -0.1) is 24.8 Å².